The number of rotatable bonds is 2. The lowest BCUT2D eigenvalue weighted by molar-refractivity contribution is -0.385. The molecule has 0 aliphatic carbocycles. The van der Waals surface area contributed by atoms with E-state index in [1.54, 1.807) is 19.9 Å². The molecule has 1 aromatic rings. The van der Waals surface area contributed by atoms with E-state index in [1.165, 1.54) is 32.0 Å². The summed E-state index contributed by atoms with van der Waals surface area (Å²) in [7, 11) is 0. The molecule has 1 aliphatic rings. The molecule has 0 amide bonds. The van der Waals surface area contributed by atoms with E-state index < -0.39 is 27.8 Å². The van der Waals surface area contributed by atoms with Crippen molar-refractivity contribution in [2.75, 3.05) is 0 Å². The highest BCUT2D eigenvalue weighted by Crippen LogP contribution is 2.47. The number of benzene rings is 1. The Kier molecular flexibility index (Phi) is 3.35. The van der Waals surface area contributed by atoms with E-state index in [4.69, 9.17) is 4.74 Å². The van der Waals surface area contributed by atoms with Crippen molar-refractivity contribution < 1.29 is 19.2 Å². The number of non-ortho nitro benzene ring substituents is 1. The van der Waals surface area contributed by atoms with Crippen molar-refractivity contribution in [3.05, 3.63) is 39.9 Å². The third-order valence-corrected chi connectivity index (χ3v) is 3.93. The Balaban J connectivity index is 2.49. The smallest absolute Gasteiger partial charge is 0.319 e. The van der Waals surface area contributed by atoms with E-state index in [-0.39, 0.29) is 11.5 Å². The monoisotopic (exact) mass is 291 g/mol. The number of cyclic esters (lactones) is 1. The van der Waals surface area contributed by atoms with Crippen LogP contribution in [-0.4, -0.2) is 16.7 Å². The molecule has 1 atom stereocenters. The van der Waals surface area contributed by atoms with Gasteiger partial charge in [-0.25, -0.2) is 0 Å². The fourth-order valence-electron chi connectivity index (χ4n) is 2.71. The average Bonchev–Trinajstić information content (AvgIpc) is 2.42. The van der Waals surface area contributed by atoms with Crippen LogP contribution in [-0.2, 0) is 14.3 Å². The second-order valence-electron chi connectivity index (χ2n) is 6.31. The molecule has 0 radical (unpaired) electrons. The molecule has 0 N–H and O–H groups in total. The van der Waals surface area contributed by atoms with Crippen molar-refractivity contribution in [2.24, 2.45) is 10.8 Å². The highest BCUT2D eigenvalue weighted by molar-refractivity contribution is 6.07. The Morgan fingerprint density at radius 3 is 2.38 bits per heavy atom. The van der Waals surface area contributed by atoms with Crippen molar-refractivity contribution in [1.82, 2.24) is 0 Å². The van der Waals surface area contributed by atoms with Crippen LogP contribution < -0.4 is 0 Å². The van der Waals surface area contributed by atoms with Crippen molar-refractivity contribution in [2.45, 2.75) is 33.8 Å². The molecule has 0 aromatic heterocycles. The molecular formula is C15H17NO5. The molecule has 1 aliphatic heterocycles. The summed E-state index contributed by atoms with van der Waals surface area (Å²) < 4.78 is 5.43. The van der Waals surface area contributed by atoms with Crippen molar-refractivity contribution in [3.63, 3.8) is 0 Å². The summed E-state index contributed by atoms with van der Waals surface area (Å²) >= 11 is 0. The first-order chi connectivity index (χ1) is 9.58. The molecule has 1 fully saturated rings. The number of nitro groups is 1. The minimum Gasteiger partial charge on any atom is -0.456 e. The van der Waals surface area contributed by atoms with E-state index in [0.29, 0.717) is 5.56 Å². The fraction of sp³-hybridized carbons (Fsp3) is 0.467. The molecule has 6 nitrogen and oxygen atoms in total. The highest BCUT2D eigenvalue weighted by atomic mass is 16.6. The summed E-state index contributed by atoms with van der Waals surface area (Å²) in [5.74, 6) is -0.842. The van der Waals surface area contributed by atoms with Crippen LogP contribution in [0.15, 0.2) is 24.3 Å². The third-order valence-electron chi connectivity index (χ3n) is 3.93. The van der Waals surface area contributed by atoms with Gasteiger partial charge in [-0.15, -0.1) is 0 Å². The summed E-state index contributed by atoms with van der Waals surface area (Å²) in [4.78, 5) is 34.9. The number of ketones is 1. The van der Waals surface area contributed by atoms with E-state index in [0.717, 1.165) is 0 Å². The van der Waals surface area contributed by atoms with Gasteiger partial charge in [-0.05, 0) is 27.7 Å². The van der Waals surface area contributed by atoms with Gasteiger partial charge in [0, 0.05) is 17.7 Å². The minimum absolute atomic E-state index is 0.100. The van der Waals surface area contributed by atoms with Crippen molar-refractivity contribution in [1.29, 1.82) is 0 Å². The average molecular weight is 291 g/mol. The van der Waals surface area contributed by atoms with Crippen LogP contribution in [0.3, 0.4) is 0 Å². The van der Waals surface area contributed by atoms with E-state index >= 15 is 0 Å². The lowest BCUT2D eigenvalue weighted by Gasteiger charge is -2.43. The van der Waals surface area contributed by atoms with Gasteiger partial charge in [0.1, 0.15) is 11.5 Å². The van der Waals surface area contributed by atoms with Crippen LogP contribution in [0.25, 0.3) is 0 Å². The molecule has 6 heteroatoms. The predicted molar refractivity (Wildman–Crippen MR) is 74.5 cm³/mol. The first-order valence-electron chi connectivity index (χ1n) is 6.59. The number of carbonyl (C=O) groups excluding carboxylic acids is 2. The summed E-state index contributed by atoms with van der Waals surface area (Å²) in [5.41, 5.74) is -1.81. The molecule has 112 valence electrons. The molecule has 0 unspecified atom stereocenters. The molecule has 0 bridgehead atoms. The van der Waals surface area contributed by atoms with Gasteiger partial charge in [-0.3, -0.25) is 19.7 Å². The van der Waals surface area contributed by atoms with Crippen LogP contribution in [0.4, 0.5) is 5.69 Å². The first-order valence-corrected chi connectivity index (χ1v) is 6.59. The van der Waals surface area contributed by atoms with Crippen LogP contribution in [0, 0.1) is 20.9 Å². The zero-order valence-electron chi connectivity index (χ0n) is 12.4. The molecule has 21 heavy (non-hydrogen) atoms. The zero-order valence-corrected chi connectivity index (χ0v) is 12.4. The SMILES string of the molecule is CC1(C)C(=O)O[C@H](c2cccc([N+](=O)[O-])c2)C(C)(C)C1=O. The van der Waals surface area contributed by atoms with E-state index in [9.17, 15) is 19.7 Å². The van der Waals surface area contributed by atoms with Gasteiger partial charge in [0.2, 0.25) is 0 Å². The van der Waals surface area contributed by atoms with Gasteiger partial charge in [-0.1, -0.05) is 12.1 Å². The van der Waals surface area contributed by atoms with Crippen molar-refractivity contribution in [3.8, 4) is 0 Å². The van der Waals surface area contributed by atoms with Gasteiger partial charge < -0.3 is 4.74 Å². The number of Topliss-reactive ketones (excluding diaryl/α,β-unsaturated/α-hetero) is 1. The molecule has 1 heterocycles. The summed E-state index contributed by atoms with van der Waals surface area (Å²) in [6.07, 6.45) is -0.828. The topological polar surface area (TPSA) is 86.5 Å². The summed E-state index contributed by atoms with van der Waals surface area (Å²) in [5, 5.41) is 10.9. The Hall–Kier alpha value is -2.24. The van der Waals surface area contributed by atoms with Gasteiger partial charge in [0.25, 0.3) is 5.69 Å². The molecule has 1 saturated heterocycles. The van der Waals surface area contributed by atoms with Crippen LogP contribution in [0.5, 0.6) is 0 Å². The quantitative estimate of drug-likeness (QED) is 0.362. The zero-order chi connectivity index (χ0) is 16.0. The molecule has 2 rings (SSSR count). The predicted octanol–water partition coefficient (Wildman–Crippen LogP) is 2.81. The fourth-order valence-corrected chi connectivity index (χ4v) is 2.71. The maximum absolute atomic E-state index is 12.5. The maximum Gasteiger partial charge on any atom is 0.319 e. The van der Waals surface area contributed by atoms with Crippen LogP contribution >= 0.6 is 0 Å². The lowest BCUT2D eigenvalue weighted by atomic mass is 9.67. The van der Waals surface area contributed by atoms with E-state index in [2.05, 4.69) is 0 Å². The van der Waals surface area contributed by atoms with Crippen LogP contribution in [0.1, 0.15) is 39.4 Å². The number of nitro benzene ring substituents is 1. The normalized spacial score (nSPS) is 23.5. The van der Waals surface area contributed by atoms with Gasteiger partial charge in [0.05, 0.1) is 10.3 Å². The number of ether oxygens (including phenoxy) is 1. The standard InChI is InChI=1S/C15H17NO5/c1-14(2)11(21-13(18)15(3,4)12(14)17)9-6-5-7-10(8-9)16(19)20/h5-8,11H,1-4H3/t11-/m1/s1. The largest absolute Gasteiger partial charge is 0.456 e. The Morgan fingerprint density at radius 1 is 1.19 bits per heavy atom. The van der Waals surface area contributed by atoms with E-state index in [1.807, 2.05) is 0 Å². The molecule has 0 spiro atoms. The Labute approximate surface area is 122 Å². The summed E-state index contributed by atoms with van der Waals surface area (Å²) in [6, 6.07) is 5.83. The number of hydrogen-bond acceptors (Lipinski definition) is 5. The number of carbonyl (C=O) groups is 2. The lowest BCUT2D eigenvalue weighted by Crippen LogP contribution is -2.52. The van der Waals surface area contributed by atoms with Crippen LogP contribution in [0.2, 0.25) is 0 Å². The number of hydrogen-bond donors (Lipinski definition) is 0. The number of nitrogens with zero attached hydrogens (tertiary/aromatic N) is 1. The highest BCUT2D eigenvalue weighted by Gasteiger charge is 2.55. The Morgan fingerprint density at radius 2 is 1.81 bits per heavy atom. The van der Waals surface area contributed by atoms with Crippen molar-refractivity contribution >= 4 is 17.4 Å². The molecule has 0 saturated carbocycles. The van der Waals surface area contributed by atoms with Gasteiger partial charge in [-0.2, -0.15) is 0 Å². The van der Waals surface area contributed by atoms with Gasteiger partial charge in [0.15, 0.2) is 5.78 Å². The maximum atomic E-state index is 12.5. The number of esters is 1. The first kappa shape index (κ1) is 15.2. The summed E-state index contributed by atoms with van der Waals surface area (Å²) in [6.45, 7) is 6.44. The molecule has 1 aromatic carbocycles. The third kappa shape index (κ3) is 2.30. The minimum atomic E-state index is -1.21. The second kappa shape index (κ2) is 4.65. The van der Waals surface area contributed by atoms with Gasteiger partial charge >= 0.3 is 5.97 Å². The Bertz CT molecular complexity index is 633. The second-order valence-corrected chi connectivity index (χ2v) is 6.31. The molecular weight excluding hydrogens is 274 g/mol.